The molecule has 178 valence electrons. The summed E-state index contributed by atoms with van der Waals surface area (Å²) in [5, 5.41) is 0. The highest BCUT2D eigenvalue weighted by Crippen LogP contribution is 2.48. The first-order chi connectivity index (χ1) is 15.8. The summed E-state index contributed by atoms with van der Waals surface area (Å²) in [5.41, 5.74) is 1.35. The highest BCUT2D eigenvalue weighted by molar-refractivity contribution is 7.99. The minimum absolute atomic E-state index is 0.0234. The number of hydrogen-bond donors (Lipinski definition) is 0. The van der Waals surface area contributed by atoms with Gasteiger partial charge in [-0.3, -0.25) is 9.69 Å². The van der Waals surface area contributed by atoms with E-state index in [-0.39, 0.29) is 11.9 Å². The van der Waals surface area contributed by atoms with E-state index in [4.69, 9.17) is 4.74 Å². The van der Waals surface area contributed by atoms with Crippen molar-refractivity contribution in [1.29, 1.82) is 0 Å². The van der Waals surface area contributed by atoms with Crippen LogP contribution in [0, 0.1) is 0 Å². The third kappa shape index (κ3) is 6.11. The van der Waals surface area contributed by atoms with Crippen LogP contribution in [0.3, 0.4) is 0 Å². The van der Waals surface area contributed by atoms with Gasteiger partial charge in [0.25, 0.3) is 0 Å². The smallest absolute Gasteiger partial charge is 0.416 e. The third-order valence-electron chi connectivity index (χ3n) is 6.37. The summed E-state index contributed by atoms with van der Waals surface area (Å²) in [6.45, 7) is 7.29. The second kappa shape index (κ2) is 10.5. The van der Waals surface area contributed by atoms with Crippen LogP contribution in [-0.4, -0.2) is 61.6 Å². The molecule has 1 fully saturated rings. The van der Waals surface area contributed by atoms with E-state index in [0.717, 1.165) is 73.0 Å². The molecular weight excluding hydrogens is 449 g/mol. The van der Waals surface area contributed by atoms with Gasteiger partial charge in [0, 0.05) is 55.4 Å². The molecule has 0 aliphatic carbocycles. The monoisotopic (exact) mass is 478 g/mol. The number of carbonyl (C=O) groups is 1. The van der Waals surface area contributed by atoms with Crippen molar-refractivity contribution in [2.45, 2.75) is 41.7 Å². The van der Waals surface area contributed by atoms with Gasteiger partial charge in [0.2, 0.25) is 0 Å². The van der Waals surface area contributed by atoms with E-state index in [1.807, 2.05) is 12.1 Å². The molecule has 8 heteroatoms. The number of alkyl halides is 3. The van der Waals surface area contributed by atoms with E-state index in [2.05, 4.69) is 21.9 Å². The molecule has 0 radical (unpaired) electrons. The molecule has 0 aromatic heterocycles. The average molecular weight is 479 g/mol. The molecule has 2 heterocycles. The number of rotatable bonds is 7. The third-order valence-corrected chi connectivity index (χ3v) is 7.56. The molecular formula is C25H29F3N2O2S. The molecule has 0 amide bonds. The normalized spacial score (nSPS) is 19.1. The number of esters is 1. The fraction of sp³-hybridized carbons (Fsp3) is 0.480. The van der Waals surface area contributed by atoms with Gasteiger partial charge in [-0.25, -0.2) is 0 Å². The van der Waals surface area contributed by atoms with Crippen molar-refractivity contribution in [3.63, 3.8) is 0 Å². The number of ether oxygens (including phenoxy) is 1. The molecule has 2 aliphatic heterocycles. The van der Waals surface area contributed by atoms with Crippen LogP contribution < -0.4 is 0 Å². The zero-order valence-corrected chi connectivity index (χ0v) is 19.6. The summed E-state index contributed by atoms with van der Waals surface area (Å²) in [6, 6.07) is 12.2. The number of hydrogen-bond acceptors (Lipinski definition) is 5. The molecule has 0 spiro atoms. The standard InChI is InChI=1S/C25H29F3N2O2S/c1-18(31)32-16-15-30-13-11-29(12-14-30)10-4-6-20-21-5-2-3-7-23(21)33-24-9-8-19(17-22(20)24)25(26,27)28/h2-3,5,7-9,17,20H,4,6,10-16H2,1H3. The summed E-state index contributed by atoms with van der Waals surface area (Å²) in [6.07, 6.45) is -2.60. The van der Waals surface area contributed by atoms with Gasteiger partial charge in [-0.05, 0) is 54.8 Å². The molecule has 1 atom stereocenters. The summed E-state index contributed by atoms with van der Waals surface area (Å²) in [7, 11) is 0. The summed E-state index contributed by atoms with van der Waals surface area (Å²) >= 11 is 1.56. The van der Waals surface area contributed by atoms with Gasteiger partial charge < -0.3 is 9.64 Å². The van der Waals surface area contributed by atoms with E-state index >= 15 is 0 Å². The Morgan fingerprint density at radius 2 is 1.67 bits per heavy atom. The Labute approximate surface area is 197 Å². The molecule has 0 saturated carbocycles. The lowest BCUT2D eigenvalue weighted by atomic mass is 9.86. The van der Waals surface area contributed by atoms with E-state index in [1.54, 1.807) is 17.8 Å². The second-order valence-electron chi connectivity index (χ2n) is 8.61. The van der Waals surface area contributed by atoms with Crippen molar-refractivity contribution < 1.29 is 22.7 Å². The van der Waals surface area contributed by atoms with Crippen LogP contribution in [-0.2, 0) is 15.7 Å². The van der Waals surface area contributed by atoms with Crippen LogP contribution >= 0.6 is 11.8 Å². The maximum Gasteiger partial charge on any atom is 0.416 e. The number of halogens is 3. The molecule has 1 unspecified atom stereocenters. The van der Waals surface area contributed by atoms with Gasteiger partial charge in [-0.2, -0.15) is 13.2 Å². The predicted octanol–water partition coefficient (Wildman–Crippen LogP) is 5.26. The van der Waals surface area contributed by atoms with Crippen LogP contribution in [0.4, 0.5) is 13.2 Å². The summed E-state index contributed by atoms with van der Waals surface area (Å²) < 4.78 is 45.2. The molecule has 4 rings (SSSR count). The first-order valence-corrected chi connectivity index (χ1v) is 12.2. The zero-order chi connectivity index (χ0) is 23.4. The Kier molecular flexibility index (Phi) is 7.66. The number of piperazine rings is 1. The van der Waals surface area contributed by atoms with Gasteiger partial charge in [-0.1, -0.05) is 30.0 Å². The van der Waals surface area contributed by atoms with Crippen LogP contribution in [0.15, 0.2) is 52.3 Å². The topological polar surface area (TPSA) is 32.8 Å². The Hall–Kier alpha value is -2.03. The van der Waals surface area contributed by atoms with Crippen molar-refractivity contribution in [1.82, 2.24) is 9.80 Å². The van der Waals surface area contributed by atoms with E-state index < -0.39 is 11.7 Å². The van der Waals surface area contributed by atoms with Crippen molar-refractivity contribution in [3.8, 4) is 0 Å². The van der Waals surface area contributed by atoms with Gasteiger partial charge in [0.05, 0.1) is 5.56 Å². The molecule has 2 aliphatic rings. The summed E-state index contributed by atoms with van der Waals surface area (Å²) in [4.78, 5) is 17.7. The van der Waals surface area contributed by atoms with Gasteiger partial charge in [0.15, 0.2) is 0 Å². The molecule has 2 aromatic rings. The minimum Gasteiger partial charge on any atom is -0.465 e. The van der Waals surface area contributed by atoms with Crippen molar-refractivity contribution in [2.24, 2.45) is 0 Å². The fourth-order valence-corrected chi connectivity index (χ4v) is 5.79. The first kappa shape index (κ1) is 24.1. The SMILES string of the molecule is CC(=O)OCCN1CCN(CCCC2c3ccccc3Sc3ccc(C(F)(F)F)cc32)CC1. The van der Waals surface area contributed by atoms with Crippen molar-refractivity contribution >= 4 is 17.7 Å². The highest BCUT2D eigenvalue weighted by Gasteiger charge is 2.34. The molecule has 0 bridgehead atoms. The lowest BCUT2D eigenvalue weighted by molar-refractivity contribution is -0.141. The van der Waals surface area contributed by atoms with Crippen molar-refractivity contribution in [2.75, 3.05) is 45.9 Å². The van der Waals surface area contributed by atoms with E-state index in [0.29, 0.717) is 6.61 Å². The average Bonchev–Trinajstić information content (AvgIpc) is 2.78. The van der Waals surface area contributed by atoms with E-state index in [9.17, 15) is 18.0 Å². The van der Waals surface area contributed by atoms with Crippen LogP contribution in [0.2, 0.25) is 0 Å². The van der Waals surface area contributed by atoms with Gasteiger partial charge >= 0.3 is 12.1 Å². The van der Waals surface area contributed by atoms with Crippen molar-refractivity contribution in [3.05, 3.63) is 59.2 Å². The van der Waals surface area contributed by atoms with Gasteiger partial charge in [-0.15, -0.1) is 0 Å². The van der Waals surface area contributed by atoms with Crippen LogP contribution in [0.5, 0.6) is 0 Å². The maximum absolute atomic E-state index is 13.4. The zero-order valence-electron chi connectivity index (χ0n) is 18.7. The minimum atomic E-state index is -4.34. The van der Waals surface area contributed by atoms with Crippen LogP contribution in [0.25, 0.3) is 0 Å². The Morgan fingerprint density at radius 3 is 2.36 bits per heavy atom. The van der Waals surface area contributed by atoms with Crippen LogP contribution in [0.1, 0.15) is 42.4 Å². The number of fused-ring (bicyclic) bond motifs is 2. The van der Waals surface area contributed by atoms with E-state index in [1.165, 1.54) is 19.1 Å². The number of carbonyl (C=O) groups excluding carboxylic acids is 1. The molecule has 0 N–H and O–H groups in total. The molecule has 4 nitrogen and oxygen atoms in total. The predicted molar refractivity (Wildman–Crippen MR) is 123 cm³/mol. The Balaban J connectivity index is 1.37. The molecule has 1 saturated heterocycles. The Bertz CT molecular complexity index is 974. The molecule has 2 aromatic carbocycles. The lowest BCUT2D eigenvalue weighted by Gasteiger charge is -2.35. The largest absolute Gasteiger partial charge is 0.465 e. The lowest BCUT2D eigenvalue weighted by Crippen LogP contribution is -2.47. The quantitative estimate of drug-likeness (QED) is 0.507. The van der Waals surface area contributed by atoms with Gasteiger partial charge in [0.1, 0.15) is 6.61 Å². The fourth-order valence-electron chi connectivity index (χ4n) is 4.62. The highest BCUT2D eigenvalue weighted by atomic mass is 32.2. The first-order valence-electron chi connectivity index (χ1n) is 11.4. The summed E-state index contributed by atoms with van der Waals surface area (Å²) in [5.74, 6) is -0.273. The number of benzene rings is 2. The maximum atomic E-state index is 13.4. The molecule has 33 heavy (non-hydrogen) atoms. The Morgan fingerprint density at radius 1 is 1.00 bits per heavy atom. The number of nitrogens with zero attached hydrogens (tertiary/aromatic N) is 2. The second-order valence-corrected chi connectivity index (χ2v) is 9.69.